The Labute approximate surface area is 167 Å². The van der Waals surface area contributed by atoms with Crippen molar-refractivity contribution in [1.82, 2.24) is 15.4 Å². The van der Waals surface area contributed by atoms with E-state index in [4.69, 9.17) is 11.5 Å². The molecule has 27 heavy (non-hydrogen) atoms. The highest BCUT2D eigenvalue weighted by molar-refractivity contribution is 9.10. The Balaban J connectivity index is 0.000000194. The van der Waals surface area contributed by atoms with Gasteiger partial charge in [0.05, 0.1) is 11.6 Å². The summed E-state index contributed by atoms with van der Waals surface area (Å²) in [7, 11) is 0. The lowest BCUT2D eigenvalue weighted by Gasteiger charge is -2.33. The number of carbonyl (C=O) groups excluding carboxylic acids is 2. The Morgan fingerprint density at radius 1 is 1.37 bits per heavy atom. The maximum atomic E-state index is 11.5. The van der Waals surface area contributed by atoms with Crippen molar-refractivity contribution < 1.29 is 9.59 Å². The number of nitrogens with one attached hydrogen (secondary N) is 1. The smallest absolute Gasteiger partial charge is 0.253 e. The fourth-order valence-electron chi connectivity index (χ4n) is 2.73. The number of hydrazine groups is 1. The summed E-state index contributed by atoms with van der Waals surface area (Å²) in [4.78, 5) is 26.9. The standard InChI is InChI=1S/C11H10BrN.C8H16N4O2/c1-2-10-6-4-8-3-5-9(12)7-11(8)13-10;1-5(9)8(14)12-4-2-3-6(11-12)7(10)13/h3-7H,2H2,1H3;5-6,11H,2-4,9H2,1H3,(H2,10,13). The van der Waals surface area contributed by atoms with Crippen LogP contribution >= 0.6 is 15.9 Å². The molecule has 1 fully saturated rings. The van der Waals surface area contributed by atoms with Crippen molar-refractivity contribution in [2.45, 2.75) is 45.2 Å². The third-order valence-corrected chi connectivity index (χ3v) is 4.75. The number of primary amides is 1. The summed E-state index contributed by atoms with van der Waals surface area (Å²) in [6.45, 7) is 4.30. The number of carbonyl (C=O) groups is 2. The number of hydrogen-bond acceptors (Lipinski definition) is 5. The highest BCUT2D eigenvalue weighted by Crippen LogP contribution is 2.18. The van der Waals surface area contributed by atoms with E-state index in [2.05, 4.69) is 57.5 Å². The summed E-state index contributed by atoms with van der Waals surface area (Å²) in [6, 6.07) is 9.35. The minimum Gasteiger partial charge on any atom is -0.368 e. The number of pyridine rings is 1. The molecule has 1 saturated heterocycles. The molecule has 5 N–H and O–H groups in total. The molecular weight excluding hydrogens is 410 g/mol. The van der Waals surface area contributed by atoms with Crippen molar-refractivity contribution >= 4 is 38.6 Å². The quantitative estimate of drug-likeness (QED) is 0.680. The van der Waals surface area contributed by atoms with E-state index in [1.54, 1.807) is 6.92 Å². The molecular formula is C19H26BrN5O2. The maximum Gasteiger partial charge on any atom is 0.253 e. The molecule has 1 aliphatic heterocycles. The largest absolute Gasteiger partial charge is 0.368 e. The third kappa shape index (κ3) is 5.98. The van der Waals surface area contributed by atoms with Crippen molar-refractivity contribution in [3.63, 3.8) is 0 Å². The van der Waals surface area contributed by atoms with Gasteiger partial charge in [-0.1, -0.05) is 35.0 Å². The molecule has 0 radical (unpaired) electrons. The van der Waals surface area contributed by atoms with E-state index >= 15 is 0 Å². The number of halogens is 1. The number of aryl methyl sites for hydroxylation is 1. The van der Waals surface area contributed by atoms with Crippen molar-refractivity contribution in [3.8, 4) is 0 Å². The molecule has 0 bridgehead atoms. The zero-order valence-corrected chi connectivity index (χ0v) is 17.2. The fraction of sp³-hybridized carbons (Fsp3) is 0.421. The van der Waals surface area contributed by atoms with Crippen LogP contribution in [0.3, 0.4) is 0 Å². The summed E-state index contributed by atoms with van der Waals surface area (Å²) < 4.78 is 1.08. The topological polar surface area (TPSA) is 114 Å². The number of nitrogens with zero attached hydrogens (tertiary/aromatic N) is 2. The average molecular weight is 436 g/mol. The third-order valence-electron chi connectivity index (χ3n) is 4.26. The molecule has 0 saturated carbocycles. The minimum atomic E-state index is -0.561. The summed E-state index contributed by atoms with van der Waals surface area (Å²) in [5.74, 6) is -0.650. The lowest BCUT2D eigenvalue weighted by Crippen LogP contribution is -2.59. The Morgan fingerprint density at radius 3 is 2.70 bits per heavy atom. The number of hydrogen-bond donors (Lipinski definition) is 3. The highest BCUT2D eigenvalue weighted by atomic mass is 79.9. The molecule has 1 aliphatic rings. The van der Waals surface area contributed by atoms with Gasteiger partial charge >= 0.3 is 0 Å². The van der Waals surface area contributed by atoms with E-state index in [-0.39, 0.29) is 5.91 Å². The fourth-order valence-corrected chi connectivity index (χ4v) is 3.07. The van der Waals surface area contributed by atoms with Crippen LogP contribution in [0.25, 0.3) is 10.9 Å². The zero-order valence-electron chi connectivity index (χ0n) is 15.6. The Bertz CT molecular complexity index is 812. The van der Waals surface area contributed by atoms with E-state index in [0.717, 1.165) is 28.5 Å². The van der Waals surface area contributed by atoms with Crippen LogP contribution in [-0.4, -0.2) is 40.4 Å². The Kier molecular flexibility index (Phi) is 7.70. The highest BCUT2D eigenvalue weighted by Gasteiger charge is 2.27. The first kappa shape index (κ1) is 21.3. The molecule has 2 heterocycles. The first-order chi connectivity index (χ1) is 12.8. The van der Waals surface area contributed by atoms with Gasteiger partial charge in [0, 0.05) is 22.1 Å². The van der Waals surface area contributed by atoms with Crippen molar-refractivity contribution in [2.24, 2.45) is 11.5 Å². The number of fused-ring (bicyclic) bond motifs is 1. The van der Waals surface area contributed by atoms with Crippen molar-refractivity contribution in [3.05, 3.63) is 40.5 Å². The van der Waals surface area contributed by atoms with E-state index in [0.29, 0.717) is 13.0 Å². The Morgan fingerprint density at radius 2 is 2.07 bits per heavy atom. The van der Waals surface area contributed by atoms with Crippen LogP contribution in [0.1, 0.15) is 32.4 Å². The van der Waals surface area contributed by atoms with E-state index in [1.165, 1.54) is 10.4 Å². The van der Waals surface area contributed by atoms with Crippen LogP contribution in [-0.2, 0) is 16.0 Å². The molecule has 2 amide bonds. The second kappa shape index (κ2) is 9.77. The van der Waals surface area contributed by atoms with Gasteiger partial charge in [0.15, 0.2) is 0 Å². The van der Waals surface area contributed by atoms with Gasteiger partial charge in [-0.25, -0.2) is 5.43 Å². The molecule has 1 aromatic heterocycles. The monoisotopic (exact) mass is 435 g/mol. The van der Waals surface area contributed by atoms with Gasteiger partial charge in [0.2, 0.25) is 5.91 Å². The minimum absolute atomic E-state index is 0.212. The van der Waals surface area contributed by atoms with Crippen LogP contribution in [0.4, 0.5) is 0 Å². The first-order valence-corrected chi connectivity index (χ1v) is 9.78. The number of nitrogens with two attached hydrogens (primary N) is 2. The molecule has 0 spiro atoms. The van der Waals surface area contributed by atoms with Gasteiger partial charge in [-0.2, -0.15) is 0 Å². The van der Waals surface area contributed by atoms with Gasteiger partial charge in [-0.05, 0) is 44.4 Å². The lowest BCUT2D eigenvalue weighted by molar-refractivity contribution is -0.139. The summed E-state index contributed by atoms with van der Waals surface area (Å²) >= 11 is 3.44. The first-order valence-electron chi connectivity index (χ1n) is 8.99. The predicted molar refractivity (Wildman–Crippen MR) is 110 cm³/mol. The number of aromatic nitrogens is 1. The zero-order chi connectivity index (χ0) is 20.0. The number of amides is 2. The summed E-state index contributed by atoms with van der Waals surface area (Å²) in [5, 5.41) is 2.57. The summed E-state index contributed by atoms with van der Waals surface area (Å²) in [6.07, 6.45) is 2.42. The van der Waals surface area contributed by atoms with Crippen LogP contribution in [0.15, 0.2) is 34.8 Å². The van der Waals surface area contributed by atoms with Gasteiger partial charge in [0.25, 0.3) is 5.91 Å². The number of benzene rings is 1. The summed E-state index contributed by atoms with van der Waals surface area (Å²) in [5.41, 5.74) is 15.5. The normalized spacial score (nSPS) is 17.8. The van der Waals surface area contributed by atoms with E-state index < -0.39 is 18.0 Å². The second-order valence-electron chi connectivity index (χ2n) is 6.50. The molecule has 2 unspecified atom stereocenters. The molecule has 0 aliphatic carbocycles. The van der Waals surface area contributed by atoms with Gasteiger partial charge < -0.3 is 11.5 Å². The van der Waals surface area contributed by atoms with E-state index in [1.807, 2.05) is 6.07 Å². The van der Waals surface area contributed by atoms with Crippen LogP contribution in [0.2, 0.25) is 0 Å². The maximum absolute atomic E-state index is 11.5. The molecule has 8 heteroatoms. The van der Waals surface area contributed by atoms with Crippen LogP contribution in [0, 0.1) is 0 Å². The molecule has 2 aromatic rings. The van der Waals surface area contributed by atoms with Gasteiger partial charge in [-0.3, -0.25) is 19.6 Å². The van der Waals surface area contributed by atoms with E-state index in [9.17, 15) is 9.59 Å². The van der Waals surface area contributed by atoms with Gasteiger partial charge in [0.1, 0.15) is 6.04 Å². The number of rotatable bonds is 3. The molecule has 3 rings (SSSR count). The second-order valence-corrected chi connectivity index (χ2v) is 7.41. The molecule has 146 valence electrons. The lowest BCUT2D eigenvalue weighted by atomic mass is 10.1. The van der Waals surface area contributed by atoms with Gasteiger partial charge in [-0.15, -0.1) is 0 Å². The molecule has 1 aromatic carbocycles. The average Bonchev–Trinajstić information content (AvgIpc) is 2.67. The van der Waals surface area contributed by atoms with Crippen molar-refractivity contribution in [1.29, 1.82) is 0 Å². The van der Waals surface area contributed by atoms with Crippen molar-refractivity contribution in [2.75, 3.05) is 6.54 Å². The molecule has 7 nitrogen and oxygen atoms in total. The van der Waals surface area contributed by atoms with Crippen LogP contribution in [0.5, 0.6) is 0 Å². The molecule has 2 atom stereocenters. The SMILES string of the molecule is CC(N)C(=O)N1CCCC(C(N)=O)N1.CCc1ccc2ccc(Br)cc2n1. The Hall–Kier alpha value is -2.03. The predicted octanol–water partition coefficient (Wildman–Crippen LogP) is 1.87. The van der Waals surface area contributed by atoms with Crippen LogP contribution < -0.4 is 16.9 Å².